The second-order valence-electron chi connectivity index (χ2n) is 3.48. The SMILES string of the molecule is O=c1nc(NCCc2ccc(F)cc2)cn[nH]1. The fraction of sp³-hybridized carbons (Fsp3) is 0.182. The molecule has 2 rings (SSSR count). The molecular formula is C11H11FN4O. The highest BCUT2D eigenvalue weighted by molar-refractivity contribution is 5.29. The standard InChI is InChI=1S/C11H11FN4O/c12-9-3-1-8(2-4-9)5-6-13-10-7-14-16-11(17)15-10/h1-4,7H,5-6H2,(H2,13,15,16,17). The Morgan fingerprint density at radius 3 is 2.76 bits per heavy atom. The first-order valence-corrected chi connectivity index (χ1v) is 5.14. The molecule has 1 heterocycles. The van der Waals surface area contributed by atoms with Gasteiger partial charge in [-0.3, -0.25) is 0 Å². The summed E-state index contributed by atoms with van der Waals surface area (Å²) >= 11 is 0. The maximum atomic E-state index is 12.6. The van der Waals surface area contributed by atoms with E-state index in [2.05, 4.69) is 20.5 Å². The van der Waals surface area contributed by atoms with Gasteiger partial charge in [-0.05, 0) is 24.1 Å². The molecule has 5 nitrogen and oxygen atoms in total. The number of nitrogens with zero attached hydrogens (tertiary/aromatic N) is 2. The first-order chi connectivity index (χ1) is 8.24. The predicted octanol–water partition coefficient (Wildman–Crippen LogP) is 0.959. The van der Waals surface area contributed by atoms with Crippen LogP contribution in [-0.2, 0) is 6.42 Å². The zero-order chi connectivity index (χ0) is 12.1. The van der Waals surface area contributed by atoms with Crippen molar-refractivity contribution in [1.82, 2.24) is 15.2 Å². The van der Waals surface area contributed by atoms with Crippen molar-refractivity contribution in [2.45, 2.75) is 6.42 Å². The van der Waals surface area contributed by atoms with Gasteiger partial charge in [0, 0.05) is 6.54 Å². The minimum absolute atomic E-state index is 0.248. The second kappa shape index (κ2) is 5.20. The maximum absolute atomic E-state index is 12.6. The summed E-state index contributed by atoms with van der Waals surface area (Å²) in [5.41, 5.74) is 0.522. The minimum atomic E-state index is -0.489. The molecule has 0 amide bonds. The Hall–Kier alpha value is -2.24. The summed E-state index contributed by atoms with van der Waals surface area (Å²) in [5, 5.41) is 8.76. The molecule has 0 saturated carbocycles. The van der Waals surface area contributed by atoms with Gasteiger partial charge in [-0.1, -0.05) is 12.1 Å². The summed E-state index contributed by atoms with van der Waals surface area (Å²) in [7, 11) is 0. The van der Waals surface area contributed by atoms with E-state index in [9.17, 15) is 9.18 Å². The van der Waals surface area contributed by atoms with E-state index in [1.165, 1.54) is 18.3 Å². The summed E-state index contributed by atoms with van der Waals surface area (Å²) in [4.78, 5) is 14.5. The quantitative estimate of drug-likeness (QED) is 0.826. The number of hydrogen-bond acceptors (Lipinski definition) is 4. The van der Waals surface area contributed by atoms with E-state index in [0.29, 0.717) is 12.4 Å². The summed E-state index contributed by atoms with van der Waals surface area (Å²) < 4.78 is 12.6. The molecule has 0 saturated heterocycles. The van der Waals surface area contributed by atoms with Crippen LogP contribution in [0.5, 0.6) is 0 Å². The van der Waals surface area contributed by atoms with E-state index >= 15 is 0 Å². The number of hydrogen-bond donors (Lipinski definition) is 2. The van der Waals surface area contributed by atoms with Gasteiger partial charge in [-0.25, -0.2) is 14.3 Å². The van der Waals surface area contributed by atoms with Gasteiger partial charge in [0.05, 0.1) is 6.20 Å². The average molecular weight is 234 g/mol. The highest BCUT2D eigenvalue weighted by Crippen LogP contribution is 2.04. The number of rotatable bonds is 4. The van der Waals surface area contributed by atoms with Gasteiger partial charge in [0.2, 0.25) is 0 Å². The highest BCUT2D eigenvalue weighted by atomic mass is 19.1. The van der Waals surface area contributed by atoms with Crippen LogP contribution in [0, 0.1) is 5.82 Å². The fourth-order valence-electron chi connectivity index (χ4n) is 1.38. The Morgan fingerprint density at radius 2 is 2.06 bits per heavy atom. The molecule has 0 atom stereocenters. The van der Waals surface area contributed by atoms with Gasteiger partial charge in [0.15, 0.2) is 5.82 Å². The summed E-state index contributed by atoms with van der Waals surface area (Å²) in [6.07, 6.45) is 2.15. The molecule has 6 heteroatoms. The third-order valence-electron chi connectivity index (χ3n) is 2.20. The lowest BCUT2D eigenvalue weighted by atomic mass is 10.1. The smallest absolute Gasteiger partial charge is 0.363 e. The van der Waals surface area contributed by atoms with Crippen molar-refractivity contribution in [3.05, 3.63) is 52.3 Å². The number of halogens is 1. The molecular weight excluding hydrogens is 223 g/mol. The van der Waals surface area contributed by atoms with E-state index < -0.39 is 5.69 Å². The van der Waals surface area contributed by atoms with Gasteiger partial charge < -0.3 is 5.32 Å². The molecule has 2 N–H and O–H groups in total. The molecule has 0 aliphatic carbocycles. The Kier molecular flexibility index (Phi) is 3.44. The summed E-state index contributed by atoms with van der Waals surface area (Å²) in [6, 6.07) is 6.28. The van der Waals surface area contributed by atoms with Crippen LogP contribution in [0.3, 0.4) is 0 Å². The topological polar surface area (TPSA) is 70.7 Å². The normalized spacial score (nSPS) is 10.2. The Morgan fingerprint density at radius 1 is 1.29 bits per heavy atom. The Labute approximate surface area is 96.7 Å². The number of benzene rings is 1. The highest BCUT2D eigenvalue weighted by Gasteiger charge is 1.96. The number of aromatic nitrogens is 3. The first kappa shape index (κ1) is 11.3. The number of aromatic amines is 1. The molecule has 0 bridgehead atoms. The van der Waals surface area contributed by atoms with Crippen LogP contribution in [-0.4, -0.2) is 21.7 Å². The van der Waals surface area contributed by atoms with Crippen LogP contribution in [0.4, 0.5) is 10.2 Å². The third kappa shape index (κ3) is 3.37. The van der Waals surface area contributed by atoms with E-state index in [1.54, 1.807) is 12.1 Å². The lowest BCUT2D eigenvalue weighted by Gasteiger charge is -2.04. The second-order valence-corrected chi connectivity index (χ2v) is 3.48. The summed E-state index contributed by atoms with van der Waals surface area (Å²) in [5.74, 6) is 0.179. The molecule has 0 aliphatic heterocycles. The maximum Gasteiger partial charge on any atom is 0.363 e. The zero-order valence-electron chi connectivity index (χ0n) is 8.98. The van der Waals surface area contributed by atoms with Crippen molar-refractivity contribution in [2.24, 2.45) is 0 Å². The molecule has 0 unspecified atom stereocenters. The van der Waals surface area contributed by atoms with E-state index in [1.807, 2.05) is 0 Å². The van der Waals surface area contributed by atoms with Crippen molar-refractivity contribution in [3.8, 4) is 0 Å². The largest absolute Gasteiger partial charge is 0.368 e. The van der Waals surface area contributed by atoms with Crippen LogP contribution < -0.4 is 11.0 Å². The van der Waals surface area contributed by atoms with Gasteiger partial charge in [-0.15, -0.1) is 0 Å². The molecule has 1 aromatic heterocycles. The molecule has 0 spiro atoms. The fourth-order valence-corrected chi connectivity index (χ4v) is 1.38. The van der Waals surface area contributed by atoms with Crippen LogP contribution >= 0.6 is 0 Å². The van der Waals surface area contributed by atoms with Crippen molar-refractivity contribution in [1.29, 1.82) is 0 Å². The lowest BCUT2D eigenvalue weighted by molar-refractivity contribution is 0.627. The number of nitrogens with one attached hydrogen (secondary N) is 2. The number of anilines is 1. The summed E-state index contributed by atoms with van der Waals surface area (Å²) in [6.45, 7) is 0.601. The molecule has 0 fully saturated rings. The lowest BCUT2D eigenvalue weighted by Crippen LogP contribution is -2.15. The van der Waals surface area contributed by atoms with Crippen molar-refractivity contribution < 1.29 is 4.39 Å². The van der Waals surface area contributed by atoms with Crippen molar-refractivity contribution >= 4 is 5.82 Å². The monoisotopic (exact) mass is 234 g/mol. The Bertz CT molecular complexity index is 538. The van der Waals surface area contributed by atoms with Crippen molar-refractivity contribution in [2.75, 3.05) is 11.9 Å². The van der Waals surface area contributed by atoms with E-state index in [0.717, 1.165) is 12.0 Å². The first-order valence-electron chi connectivity index (χ1n) is 5.14. The average Bonchev–Trinajstić information content (AvgIpc) is 2.32. The molecule has 0 radical (unpaired) electrons. The zero-order valence-corrected chi connectivity index (χ0v) is 8.98. The van der Waals surface area contributed by atoms with Gasteiger partial charge >= 0.3 is 5.69 Å². The van der Waals surface area contributed by atoms with Crippen LogP contribution in [0.25, 0.3) is 0 Å². The van der Waals surface area contributed by atoms with E-state index in [4.69, 9.17) is 0 Å². The van der Waals surface area contributed by atoms with Crippen LogP contribution in [0.15, 0.2) is 35.3 Å². The predicted molar refractivity (Wildman–Crippen MR) is 61.2 cm³/mol. The Balaban J connectivity index is 1.87. The van der Waals surface area contributed by atoms with Crippen molar-refractivity contribution in [3.63, 3.8) is 0 Å². The van der Waals surface area contributed by atoms with E-state index in [-0.39, 0.29) is 5.82 Å². The third-order valence-corrected chi connectivity index (χ3v) is 2.20. The molecule has 2 aromatic rings. The van der Waals surface area contributed by atoms with Gasteiger partial charge in [0.25, 0.3) is 0 Å². The molecule has 88 valence electrons. The molecule has 0 aliphatic rings. The number of H-pyrrole nitrogens is 1. The molecule has 17 heavy (non-hydrogen) atoms. The minimum Gasteiger partial charge on any atom is -0.368 e. The van der Waals surface area contributed by atoms with Crippen LogP contribution in [0.2, 0.25) is 0 Å². The van der Waals surface area contributed by atoms with Gasteiger partial charge in [-0.2, -0.15) is 10.1 Å². The van der Waals surface area contributed by atoms with Gasteiger partial charge in [0.1, 0.15) is 5.82 Å². The van der Waals surface area contributed by atoms with Crippen LogP contribution in [0.1, 0.15) is 5.56 Å². The molecule has 1 aromatic carbocycles.